The second-order valence-corrected chi connectivity index (χ2v) is 4.71. The van der Waals surface area contributed by atoms with Crippen molar-refractivity contribution in [2.75, 3.05) is 0 Å². The third-order valence-corrected chi connectivity index (χ3v) is 2.99. The quantitative estimate of drug-likeness (QED) is 0.854. The number of hydrogen-bond acceptors (Lipinski definition) is 1. The fraction of sp³-hybridized carbons (Fsp3) is 0.182. The van der Waals surface area contributed by atoms with Gasteiger partial charge in [0, 0.05) is 11.8 Å². The number of H-pyrrole nitrogens is 1. The van der Waals surface area contributed by atoms with Crippen LogP contribution >= 0.6 is 23.2 Å². The molecule has 0 aliphatic heterocycles. The highest BCUT2D eigenvalue weighted by molar-refractivity contribution is 6.37. The zero-order chi connectivity index (χ0) is 14.4. The Hall–Kier alpha value is -1.40. The Morgan fingerprint density at radius 3 is 2.05 bits per heavy atom. The third kappa shape index (κ3) is 2.64. The molecule has 19 heavy (non-hydrogen) atoms. The Kier molecular flexibility index (Phi) is 3.40. The van der Waals surface area contributed by atoms with Gasteiger partial charge in [-0.2, -0.15) is 13.2 Å². The molecule has 0 amide bonds. The van der Waals surface area contributed by atoms with Crippen LogP contribution in [-0.4, -0.2) is 9.78 Å². The van der Waals surface area contributed by atoms with Crippen molar-refractivity contribution in [3.8, 4) is 5.69 Å². The predicted octanol–water partition coefficient (Wildman–Crippen LogP) is 3.80. The first-order valence-corrected chi connectivity index (χ1v) is 5.81. The van der Waals surface area contributed by atoms with E-state index in [1.54, 1.807) is 6.92 Å². The summed E-state index contributed by atoms with van der Waals surface area (Å²) in [5.41, 5.74) is -0.893. The van der Waals surface area contributed by atoms with Gasteiger partial charge in [-0.05, 0) is 19.1 Å². The van der Waals surface area contributed by atoms with Gasteiger partial charge in [-0.3, -0.25) is 9.89 Å². The SMILES string of the molecule is Cc1cc(=O)n(-c2c(Cl)cc(C(F)(F)F)cc2Cl)[nH]1. The summed E-state index contributed by atoms with van der Waals surface area (Å²) in [5.74, 6) is 0. The number of nitrogens with one attached hydrogen (secondary N) is 1. The average Bonchev–Trinajstić information content (AvgIpc) is 2.55. The molecule has 1 N–H and O–H groups in total. The summed E-state index contributed by atoms with van der Waals surface area (Å²) in [6.07, 6.45) is -4.55. The largest absolute Gasteiger partial charge is 0.416 e. The molecule has 102 valence electrons. The van der Waals surface area contributed by atoms with Crippen molar-refractivity contribution in [1.29, 1.82) is 0 Å². The molecule has 0 aliphatic rings. The highest BCUT2D eigenvalue weighted by Crippen LogP contribution is 2.36. The third-order valence-electron chi connectivity index (χ3n) is 2.42. The molecule has 0 saturated heterocycles. The Labute approximate surface area is 115 Å². The number of nitrogens with zero attached hydrogens (tertiary/aromatic N) is 1. The molecular weight excluding hydrogens is 304 g/mol. The first-order chi connectivity index (χ1) is 8.70. The van der Waals surface area contributed by atoms with Crippen LogP contribution in [0.2, 0.25) is 10.0 Å². The van der Waals surface area contributed by atoms with Gasteiger partial charge in [0.25, 0.3) is 5.56 Å². The highest BCUT2D eigenvalue weighted by Gasteiger charge is 2.32. The standard InChI is InChI=1S/C11H7Cl2F3N2O/c1-5-2-9(19)18(17-5)10-7(12)3-6(4-8(10)13)11(14,15)16/h2-4,17H,1H3. The predicted molar refractivity (Wildman–Crippen MR) is 66.1 cm³/mol. The first-order valence-electron chi connectivity index (χ1n) is 5.05. The minimum absolute atomic E-state index is 0.00515. The molecule has 8 heteroatoms. The molecule has 0 unspecified atom stereocenters. The Morgan fingerprint density at radius 2 is 1.68 bits per heavy atom. The van der Waals surface area contributed by atoms with E-state index >= 15 is 0 Å². The summed E-state index contributed by atoms with van der Waals surface area (Å²) < 4.78 is 38.7. The van der Waals surface area contributed by atoms with Gasteiger partial charge in [0.15, 0.2) is 0 Å². The van der Waals surface area contributed by atoms with Crippen molar-refractivity contribution >= 4 is 23.2 Å². The zero-order valence-corrected chi connectivity index (χ0v) is 11.0. The number of aromatic nitrogens is 2. The van der Waals surface area contributed by atoms with Crippen LogP contribution < -0.4 is 5.56 Å². The number of aromatic amines is 1. The van der Waals surface area contributed by atoms with Crippen molar-refractivity contribution in [2.45, 2.75) is 13.1 Å². The average molecular weight is 311 g/mol. The zero-order valence-electron chi connectivity index (χ0n) is 9.48. The molecule has 2 rings (SSSR count). The lowest BCUT2D eigenvalue weighted by Gasteiger charge is -2.12. The van der Waals surface area contributed by atoms with E-state index in [9.17, 15) is 18.0 Å². The van der Waals surface area contributed by atoms with Gasteiger partial charge in [0.1, 0.15) is 5.69 Å². The maximum atomic E-state index is 12.6. The molecule has 0 aliphatic carbocycles. The van der Waals surface area contributed by atoms with Crippen LogP contribution in [0.4, 0.5) is 13.2 Å². The number of aryl methyl sites for hydroxylation is 1. The van der Waals surface area contributed by atoms with Crippen molar-refractivity contribution < 1.29 is 13.2 Å². The second-order valence-electron chi connectivity index (χ2n) is 3.90. The molecule has 0 bridgehead atoms. The second kappa shape index (κ2) is 4.61. The molecule has 0 spiro atoms. The van der Waals surface area contributed by atoms with E-state index in [0.717, 1.165) is 16.8 Å². The maximum absolute atomic E-state index is 12.6. The molecule has 3 nitrogen and oxygen atoms in total. The molecule has 0 atom stereocenters. The topological polar surface area (TPSA) is 37.8 Å². The number of halogens is 5. The lowest BCUT2D eigenvalue weighted by molar-refractivity contribution is -0.137. The van der Waals surface area contributed by atoms with Gasteiger partial charge in [0.2, 0.25) is 0 Å². The molecule has 1 aromatic carbocycles. The Bertz CT molecular complexity index is 665. The summed E-state index contributed by atoms with van der Waals surface area (Å²) in [6, 6.07) is 2.74. The fourth-order valence-corrected chi connectivity index (χ4v) is 2.28. The Balaban J connectivity index is 2.67. The minimum Gasteiger partial charge on any atom is -0.295 e. The number of hydrogen-bond donors (Lipinski definition) is 1. The van der Waals surface area contributed by atoms with E-state index in [-0.39, 0.29) is 15.7 Å². The van der Waals surface area contributed by atoms with Crippen LogP contribution in [0.15, 0.2) is 23.0 Å². The van der Waals surface area contributed by atoms with Gasteiger partial charge in [0.05, 0.1) is 15.6 Å². The summed E-state index contributed by atoms with van der Waals surface area (Å²) in [5, 5.41) is 2.13. The lowest BCUT2D eigenvalue weighted by Crippen LogP contribution is -2.15. The van der Waals surface area contributed by atoms with Gasteiger partial charge in [-0.15, -0.1) is 0 Å². The van der Waals surface area contributed by atoms with Crippen LogP contribution in [0.25, 0.3) is 5.69 Å². The molecule has 2 aromatic rings. The van der Waals surface area contributed by atoms with Crippen LogP contribution in [0, 0.1) is 6.92 Å². The summed E-state index contributed by atoms with van der Waals surface area (Å²) >= 11 is 11.6. The summed E-state index contributed by atoms with van der Waals surface area (Å²) in [4.78, 5) is 11.6. The smallest absolute Gasteiger partial charge is 0.295 e. The first kappa shape index (κ1) is 14.0. The maximum Gasteiger partial charge on any atom is 0.416 e. The molecule has 0 saturated carbocycles. The molecule has 0 fully saturated rings. The van der Waals surface area contributed by atoms with Crippen LogP contribution in [-0.2, 0) is 6.18 Å². The number of benzene rings is 1. The highest BCUT2D eigenvalue weighted by atomic mass is 35.5. The van der Waals surface area contributed by atoms with Gasteiger partial charge >= 0.3 is 6.18 Å². The van der Waals surface area contributed by atoms with E-state index in [0.29, 0.717) is 5.69 Å². The normalized spacial score (nSPS) is 11.9. The van der Waals surface area contributed by atoms with Crippen molar-refractivity contribution in [3.63, 3.8) is 0 Å². The van der Waals surface area contributed by atoms with E-state index in [1.165, 1.54) is 6.07 Å². The lowest BCUT2D eigenvalue weighted by atomic mass is 10.2. The van der Waals surface area contributed by atoms with E-state index in [2.05, 4.69) is 5.10 Å². The number of rotatable bonds is 1. The number of alkyl halides is 3. The van der Waals surface area contributed by atoms with Crippen molar-refractivity contribution in [1.82, 2.24) is 9.78 Å². The van der Waals surface area contributed by atoms with Crippen molar-refractivity contribution in [2.24, 2.45) is 0 Å². The van der Waals surface area contributed by atoms with Gasteiger partial charge in [-0.25, -0.2) is 4.68 Å². The van der Waals surface area contributed by atoms with Crippen LogP contribution in [0.3, 0.4) is 0 Å². The monoisotopic (exact) mass is 310 g/mol. The molecule has 1 heterocycles. The van der Waals surface area contributed by atoms with E-state index < -0.39 is 17.3 Å². The van der Waals surface area contributed by atoms with Crippen LogP contribution in [0.5, 0.6) is 0 Å². The van der Waals surface area contributed by atoms with Crippen molar-refractivity contribution in [3.05, 3.63) is 49.9 Å². The van der Waals surface area contributed by atoms with Gasteiger partial charge < -0.3 is 0 Å². The van der Waals surface area contributed by atoms with E-state index in [4.69, 9.17) is 23.2 Å². The summed E-state index contributed by atoms with van der Waals surface area (Å²) in [7, 11) is 0. The van der Waals surface area contributed by atoms with E-state index in [1.807, 2.05) is 0 Å². The molecule has 0 radical (unpaired) electrons. The fourth-order valence-electron chi connectivity index (χ4n) is 1.62. The minimum atomic E-state index is -4.55. The van der Waals surface area contributed by atoms with Crippen LogP contribution in [0.1, 0.15) is 11.3 Å². The van der Waals surface area contributed by atoms with Gasteiger partial charge in [-0.1, -0.05) is 23.2 Å². The molecule has 1 aromatic heterocycles. The Morgan fingerprint density at radius 1 is 1.16 bits per heavy atom. The summed E-state index contributed by atoms with van der Waals surface area (Å²) in [6.45, 7) is 1.63. The molecular formula is C11H7Cl2F3N2O.